The van der Waals surface area contributed by atoms with Gasteiger partial charge in [-0.15, -0.1) is 0 Å². The summed E-state index contributed by atoms with van der Waals surface area (Å²) in [5.74, 6) is 0.792. The van der Waals surface area contributed by atoms with E-state index in [1.807, 2.05) is 17.0 Å². The molecule has 3 fully saturated rings. The van der Waals surface area contributed by atoms with Gasteiger partial charge in [0.2, 0.25) is 0 Å². The van der Waals surface area contributed by atoms with Crippen molar-refractivity contribution in [3.63, 3.8) is 0 Å². The number of pyridine rings is 1. The third kappa shape index (κ3) is 3.33. The number of nitrogens with zero attached hydrogens (tertiary/aromatic N) is 2. The molecule has 2 saturated heterocycles. The second kappa shape index (κ2) is 6.81. The Bertz CT molecular complexity index is 575. The highest BCUT2D eigenvalue weighted by Gasteiger charge is 2.47. The van der Waals surface area contributed by atoms with Gasteiger partial charge in [-0.05, 0) is 50.2 Å². The van der Waals surface area contributed by atoms with Gasteiger partial charge in [0.15, 0.2) is 0 Å². The maximum atomic E-state index is 12.8. The molecule has 0 N–H and O–H groups in total. The van der Waals surface area contributed by atoms with Gasteiger partial charge < -0.3 is 14.4 Å². The van der Waals surface area contributed by atoms with Crippen molar-refractivity contribution in [2.45, 2.75) is 38.2 Å². The largest absolute Gasteiger partial charge is 0.380 e. The first-order valence-corrected chi connectivity index (χ1v) is 9.16. The van der Waals surface area contributed by atoms with Gasteiger partial charge in [0.1, 0.15) is 5.69 Å². The number of piperidine rings is 1. The Kier molecular flexibility index (Phi) is 4.55. The number of ether oxygens (including phenoxy) is 2. The third-order valence-electron chi connectivity index (χ3n) is 5.60. The highest BCUT2D eigenvalue weighted by Crippen LogP contribution is 2.41. The fourth-order valence-corrected chi connectivity index (χ4v) is 4.04. The smallest absolute Gasteiger partial charge is 0.272 e. The fraction of sp³-hybridized carbons (Fsp3) is 0.684. The minimum absolute atomic E-state index is 0.0289. The van der Waals surface area contributed by atoms with E-state index >= 15 is 0 Å². The molecule has 3 heterocycles. The second-order valence-corrected chi connectivity index (χ2v) is 7.51. The lowest BCUT2D eigenvalue weighted by molar-refractivity contribution is -0.147. The van der Waals surface area contributed by atoms with E-state index in [0.717, 1.165) is 51.5 Å². The summed E-state index contributed by atoms with van der Waals surface area (Å²) in [7, 11) is 0. The number of amides is 1. The van der Waals surface area contributed by atoms with Gasteiger partial charge >= 0.3 is 0 Å². The first-order chi connectivity index (χ1) is 11.8. The van der Waals surface area contributed by atoms with E-state index in [-0.39, 0.29) is 17.4 Å². The lowest BCUT2D eigenvalue weighted by Gasteiger charge is -2.50. The van der Waals surface area contributed by atoms with E-state index < -0.39 is 0 Å². The van der Waals surface area contributed by atoms with Crippen LogP contribution in [0.5, 0.6) is 0 Å². The van der Waals surface area contributed by atoms with E-state index in [9.17, 15) is 4.79 Å². The van der Waals surface area contributed by atoms with Gasteiger partial charge in [0.25, 0.3) is 5.91 Å². The van der Waals surface area contributed by atoms with Gasteiger partial charge in [-0.1, -0.05) is 6.07 Å². The predicted molar refractivity (Wildman–Crippen MR) is 89.7 cm³/mol. The zero-order valence-electron chi connectivity index (χ0n) is 14.2. The molecular formula is C19H26N2O3. The second-order valence-electron chi connectivity index (χ2n) is 7.51. The summed E-state index contributed by atoms with van der Waals surface area (Å²) in [6.45, 7) is 3.87. The van der Waals surface area contributed by atoms with Crippen molar-refractivity contribution in [3.8, 4) is 0 Å². The Morgan fingerprint density at radius 1 is 1.38 bits per heavy atom. The van der Waals surface area contributed by atoms with Gasteiger partial charge in [0, 0.05) is 37.9 Å². The minimum Gasteiger partial charge on any atom is -0.380 e. The summed E-state index contributed by atoms with van der Waals surface area (Å²) in [6, 6.07) is 5.50. The first-order valence-electron chi connectivity index (χ1n) is 9.16. The van der Waals surface area contributed by atoms with Crippen LogP contribution in [0.15, 0.2) is 24.4 Å². The zero-order chi connectivity index (χ0) is 16.4. The van der Waals surface area contributed by atoms with Crippen LogP contribution in [0, 0.1) is 11.3 Å². The molecular weight excluding hydrogens is 304 g/mol. The van der Waals surface area contributed by atoms with Crippen LogP contribution in [0.4, 0.5) is 0 Å². The minimum atomic E-state index is -0.0458. The first kappa shape index (κ1) is 16.0. The molecule has 1 aromatic heterocycles. The van der Waals surface area contributed by atoms with Crippen LogP contribution in [-0.4, -0.2) is 54.8 Å². The van der Waals surface area contributed by atoms with Crippen molar-refractivity contribution in [1.29, 1.82) is 0 Å². The normalized spacial score (nSPS) is 30.0. The summed E-state index contributed by atoms with van der Waals surface area (Å²) >= 11 is 0. The molecule has 5 heteroatoms. The van der Waals surface area contributed by atoms with E-state index in [1.54, 1.807) is 12.3 Å². The monoisotopic (exact) mass is 330 g/mol. The molecule has 1 aromatic rings. The van der Waals surface area contributed by atoms with Crippen LogP contribution in [0.3, 0.4) is 0 Å². The maximum Gasteiger partial charge on any atom is 0.272 e. The average Bonchev–Trinajstić information content (AvgIpc) is 3.45. The average molecular weight is 330 g/mol. The molecule has 0 spiro atoms. The molecule has 0 radical (unpaired) electrons. The number of carbonyl (C=O) groups excluding carboxylic acids is 1. The van der Waals surface area contributed by atoms with Gasteiger partial charge in [-0.3, -0.25) is 9.78 Å². The molecule has 1 aliphatic carbocycles. The van der Waals surface area contributed by atoms with Crippen molar-refractivity contribution in [1.82, 2.24) is 9.88 Å². The maximum absolute atomic E-state index is 12.8. The standard InChI is InChI=1S/C19H26N2O3/c22-18(16-4-1-2-9-20-16)21-10-7-17-19(13-21,8-3-11-24-17)14-23-12-15-5-6-15/h1-2,4,9,15,17H,3,5-8,10-14H2/t17-,19-/m1/s1. The molecule has 5 nitrogen and oxygen atoms in total. The number of fused-ring (bicyclic) bond motifs is 1. The molecule has 0 aromatic carbocycles. The van der Waals surface area contributed by atoms with Crippen LogP contribution >= 0.6 is 0 Å². The summed E-state index contributed by atoms with van der Waals surface area (Å²) in [5.41, 5.74) is 0.484. The molecule has 130 valence electrons. The lowest BCUT2D eigenvalue weighted by atomic mass is 9.73. The van der Waals surface area contributed by atoms with Gasteiger partial charge in [-0.2, -0.15) is 0 Å². The summed E-state index contributed by atoms with van der Waals surface area (Å²) in [6.07, 6.45) is 7.53. The quantitative estimate of drug-likeness (QED) is 0.832. The Hall–Kier alpha value is -1.46. The predicted octanol–water partition coefficient (Wildman–Crippen LogP) is 2.52. The Balaban J connectivity index is 1.46. The van der Waals surface area contributed by atoms with E-state index in [4.69, 9.17) is 9.47 Å². The molecule has 0 bridgehead atoms. The van der Waals surface area contributed by atoms with E-state index in [0.29, 0.717) is 12.3 Å². The van der Waals surface area contributed by atoms with Crippen LogP contribution in [0.1, 0.15) is 42.6 Å². The van der Waals surface area contributed by atoms with Gasteiger partial charge in [-0.25, -0.2) is 0 Å². The van der Waals surface area contributed by atoms with Crippen LogP contribution in [0.25, 0.3) is 0 Å². The SMILES string of the molecule is O=C(c1ccccn1)N1CC[C@H]2OCCC[C@]2(COCC2CC2)C1. The molecule has 3 aliphatic rings. The summed E-state index contributed by atoms with van der Waals surface area (Å²) in [4.78, 5) is 19.0. The molecule has 4 rings (SSSR count). The lowest BCUT2D eigenvalue weighted by Crippen LogP contribution is -2.58. The molecule has 1 saturated carbocycles. The molecule has 2 atom stereocenters. The van der Waals surface area contributed by atoms with Gasteiger partial charge in [0.05, 0.1) is 12.7 Å². The zero-order valence-corrected chi connectivity index (χ0v) is 14.2. The Morgan fingerprint density at radius 3 is 3.08 bits per heavy atom. The van der Waals surface area contributed by atoms with Crippen molar-refractivity contribution in [2.24, 2.45) is 11.3 Å². The van der Waals surface area contributed by atoms with Crippen molar-refractivity contribution in [3.05, 3.63) is 30.1 Å². The highest BCUT2D eigenvalue weighted by molar-refractivity contribution is 5.92. The van der Waals surface area contributed by atoms with Crippen LogP contribution < -0.4 is 0 Å². The van der Waals surface area contributed by atoms with Crippen molar-refractivity contribution in [2.75, 3.05) is 32.9 Å². The number of likely N-dealkylation sites (tertiary alicyclic amines) is 1. The van der Waals surface area contributed by atoms with Crippen LogP contribution in [-0.2, 0) is 9.47 Å². The topological polar surface area (TPSA) is 51.7 Å². The molecule has 1 amide bonds. The summed E-state index contributed by atoms with van der Waals surface area (Å²) < 4.78 is 12.1. The van der Waals surface area contributed by atoms with Crippen molar-refractivity contribution >= 4 is 5.91 Å². The molecule has 24 heavy (non-hydrogen) atoms. The Labute approximate surface area is 143 Å². The number of aromatic nitrogens is 1. The molecule has 2 aliphatic heterocycles. The summed E-state index contributed by atoms with van der Waals surface area (Å²) in [5, 5.41) is 0. The number of carbonyl (C=O) groups is 1. The number of hydrogen-bond donors (Lipinski definition) is 0. The fourth-order valence-electron chi connectivity index (χ4n) is 4.04. The number of hydrogen-bond acceptors (Lipinski definition) is 4. The van der Waals surface area contributed by atoms with Crippen LogP contribution in [0.2, 0.25) is 0 Å². The van der Waals surface area contributed by atoms with E-state index in [1.165, 1.54) is 12.8 Å². The van der Waals surface area contributed by atoms with Crippen molar-refractivity contribution < 1.29 is 14.3 Å². The highest BCUT2D eigenvalue weighted by atomic mass is 16.5. The third-order valence-corrected chi connectivity index (χ3v) is 5.60. The molecule has 0 unspecified atom stereocenters. The Morgan fingerprint density at radius 2 is 2.29 bits per heavy atom. The van der Waals surface area contributed by atoms with E-state index in [2.05, 4.69) is 4.98 Å². The number of rotatable bonds is 5.